The van der Waals surface area contributed by atoms with Gasteiger partial charge in [0.1, 0.15) is 59.4 Å². The maximum absolute atomic E-state index is 14.5. The van der Waals surface area contributed by atoms with E-state index in [1.54, 1.807) is 38.2 Å². The van der Waals surface area contributed by atoms with Crippen LogP contribution in [0.25, 0.3) is 0 Å². The predicted molar refractivity (Wildman–Crippen MR) is 258 cm³/mol. The number of aromatic nitrogens is 2. The molecule has 6 atom stereocenters. The molecule has 368 valence electrons. The number of ether oxygens (including phenoxy) is 4. The summed E-state index contributed by atoms with van der Waals surface area (Å²) in [6, 6.07) is 16.6. The van der Waals surface area contributed by atoms with E-state index in [4.69, 9.17) is 56.1 Å². The number of carbonyl (C=O) groups excluding carboxylic acids is 5. The van der Waals surface area contributed by atoms with Gasteiger partial charge in [-0.1, -0.05) is 41.0 Å². The molecule has 3 aromatic carbocycles. The fraction of sp³-hybridized carbons (Fsp3) is 0.391. The summed E-state index contributed by atoms with van der Waals surface area (Å²) in [7, 11) is 11.7. The highest BCUT2D eigenvalue weighted by Crippen LogP contribution is 2.42. The van der Waals surface area contributed by atoms with Crippen LogP contribution in [0.1, 0.15) is 52.1 Å². The van der Waals surface area contributed by atoms with E-state index in [2.05, 4.69) is 24.5 Å². The average molecular weight is 1030 g/mol. The summed E-state index contributed by atoms with van der Waals surface area (Å²) in [6.45, 7) is 5.24. The third-order valence-electron chi connectivity index (χ3n) is 12.8. The molecular weight excluding hydrogens is 980 g/mol. The number of piperazine rings is 1. The van der Waals surface area contributed by atoms with Crippen molar-refractivity contribution in [1.29, 1.82) is 0 Å². The Morgan fingerprint density at radius 3 is 2.27 bits per heavy atom. The predicted octanol–water partition coefficient (Wildman–Crippen LogP) is 2.84. The van der Waals surface area contributed by atoms with Crippen LogP contribution in [0.4, 0.5) is 0 Å². The first-order chi connectivity index (χ1) is 34.2. The second-order valence-electron chi connectivity index (χ2n) is 17.1. The number of nitrogens with one attached hydrogen (secondary N) is 1. The minimum atomic E-state index is -1.84. The molecule has 3 fully saturated rings. The number of fused-ring (bicyclic) bond motifs is 2. The fourth-order valence-corrected chi connectivity index (χ4v) is 11.6. The van der Waals surface area contributed by atoms with Crippen molar-refractivity contribution in [3.63, 3.8) is 0 Å². The first-order valence-electron chi connectivity index (χ1n) is 22.3. The molecule has 0 saturated carbocycles. The van der Waals surface area contributed by atoms with Gasteiger partial charge in [0, 0.05) is 18.4 Å². The average Bonchev–Trinajstić information content (AvgIpc) is 4.01. The Kier molecular flexibility index (Phi) is 15.7. The number of benzene rings is 3. The summed E-state index contributed by atoms with van der Waals surface area (Å²) >= 11 is 8.06. The van der Waals surface area contributed by atoms with Crippen LogP contribution in [0.15, 0.2) is 77.1 Å². The molecule has 0 aliphatic carbocycles. The molecule has 71 heavy (non-hydrogen) atoms. The van der Waals surface area contributed by atoms with Gasteiger partial charge in [0.05, 0.1) is 67.5 Å². The quantitative estimate of drug-likeness (QED) is 0.0498. The van der Waals surface area contributed by atoms with Crippen molar-refractivity contribution in [3.8, 4) is 23.0 Å². The Morgan fingerprint density at radius 1 is 0.972 bits per heavy atom. The van der Waals surface area contributed by atoms with Gasteiger partial charge in [-0.2, -0.15) is 4.37 Å². The number of oxime groups is 1. The summed E-state index contributed by atoms with van der Waals surface area (Å²) in [5.41, 5.74) is 1.68. The SMILES string of the molecule is [B]OC(=O)C1=C(C[N+]23CCC[C@H]2CN(C(=O)c2ccc(OCc4ccc(OC)cc4)c(OCc4ccc(OC)cc4)c2Cl)CC3)CS(=O)[C@@H]2[C@H](NC(=O)/C(=N\O[C@H](C)C(=O)O[B])c3nsc(C)n3)C(=O)N12. The van der Waals surface area contributed by atoms with Crippen molar-refractivity contribution in [2.45, 2.75) is 63.5 Å². The van der Waals surface area contributed by atoms with Gasteiger partial charge in [-0.3, -0.25) is 23.5 Å². The Bertz CT molecular complexity index is 2800. The molecule has 4 radical (unpaired) electrons. The highest BCUT2D eigenvalue weighted by atomic mass is 35.5. The van der Waals surface area contributed by atoms with Crippen molar-refractivity contribution >= 4 is 85.4 Å². The first-order valence-corrected chi connectivity index (χ1v) is 24.8. The lowest BCUT2D eigenvalue weighted by Crippen LogP contribution is -2.74. The molecule has 25 heteroatoms. The smallest absolute Gasteiger partial charge is 0.378 e. The number of hydrogen-bond donors (Lipinski definition) is 1. The lowest BCUT2D eigenvalue weighted by atomic mass is 10.0. The van der Waals surface area contributed by atoms with Crippen LogP contribution in [0, 0.1) is 6.92 Å². The number of aryl methyl sites for hydroxylation is 1. The van der Waals surface area contributed by atoms with Crippen LogP contribution in [0.2, 0.25) is 5.02 Å². The van der Waals surface area contributed by atoms with Crippen molar-refractivity contribution in [2.75, 3.05) is 52.7 Å². The fourth-order valence-electron chi connectivity index (χ4n) is 9.13. The van der Waals surface area contributed by atoms with Gasteiger partial charge in [-0.25, -0.2) is 14.6 Å². The lowest BCUT2D eigenvalue weighted by Gasteiger charge is -2.51. The number of carbonyl (C=O) groups is 5. The molecular formula is C46H47B2ClN7O13S2+. The summed E-state index contributed by atoms with van der Waals surface area (Å²) in [6.07, 6.45) is 0.216. The lowest BCUT2D eigenvalue weighted by molar-refractivity contribution is -0.938. The number of methoxy groups -OCH3 is 2. The number of halogens is 1. The third-order valence-corrected chi connectivity index (χ3v) is 15.5. The number of nitrogens with zero attached hydrogens (tertiary/aromatic N) is 6. The molecule has 4 aliphatic rings. The van der Waals surface area contributed by atoms with Crippen LogP contribution in [0.5, 0.6) is 23.0 Å². The largest absolute Gasteiger partial charge is 0.541 e. The Hall–Kier alpha value is -6.49. The zero-order valence-electron chi connectivity index (χ0n) is 39.0. The Labute approximate surface area is 422 Å². The molecule has 1 N–H and O–H groups in total. The summed E-state index contributed by atoms with van der Waals surface area (Å²) < 4.78 is 50.7. The number of hydrogen-bond acceptors (Lipinski definition) is 17. The van der Waals surface area contributed by atoms with Gasteiger partial charge in [0.25, 0.3) is 17.7 Å². The second kappa shape index (κ2) is 21.9. The van der Waals surface area contributed by atoms with Gasteiger partial charge in [0.2, 0.25) is 17.6 Å². The van der Waals surface area contributed by atoms with E-state index < -0.39 is 57.8 Å². The van der Waals surface area contributed by atoms with E-state index in [9.17, 15) is 28.2 Å². The van der Waals surface area contributed by atoms with Crippen LogP contribution >= 0.6 is 23.1 Å². The number of rotatable bonds is 18. The molecule has 4 aromatic rings. The van der Waals surface area contributed by atoms with Crippen LogP contribution in [0.3, 0.4) is 0 Å². The minimum Gasteiger partial charge on any atom is -0.541 e. The van der Waals surface area contributed by atoms with Crippen molar-refractivity contribution in [1.82, 2.24) is 24.5 Å². The van der Waals surface area contributed by atoms with Gasteiger partial charge in [0.15, 0.2) is 11.5 Å². The third kappa shape index (κ3) is 10.6. The van der Waals surface area contributed by atoms with Crippen LogP contribution in [-0.2, 0) is 57.3 Å². The molecule has 3 amide bonds. The van der Waals surface area contributed by atoms with Crippen molar-refractivity contribution < 1.29 is 65.8 Å². The zero-order chi connectivity index (χ0) is 50.6. The molecule has 4 aliphatic heterocycles. The topological polar surface area (TPSA) is 224 Å². The first kappa shape index (κ1) is 50.9. The standard InChI is InChI=1S/C46H46B2ClN7O13S2/c1-25(45(60)67-47)69-52-36(40-50-26(2)70-53-40)41(57)51-37-43(59)55-38(46(61)68-48)29(24-71(62)44(37)55)21-56-18-5-6-30(56)20-54(17-19-56)42(58)33-15-16-34(65-22-27-7-11-31(63-3)12-8-27)39(35(33)49)66-23-28-9-13-32(64-4)14-10-28/h7-16,25,30,37,44H,5-6,17-24H2,1-4H3/p+1/b52-36-/t25-,30+,37-,44-,56?,71?/m1/s1. The molecule has 5 heterocycles. The monoisotopic (exact) mass is 1030 g/mol. The van der Waals surface area contributed by atoms with E-state index >= 15 is 0 Å². The molecule has 20 nitrogen and oxygen atoms in total. The highest BCUT2D eigenvalue weighted by Gasteiger charge is 2.59. The Morgan fingerprint density at radius 2 is 1.65 bits per heavy atom. The molecule has 0 bridgehead atoms. The summed E-state index contributed by atoms with van der Waals surface area (Å²) in [5.74, 6) is -2.41. The molecule has 8 rings (SSSR count). The molecule has 0 spiro atoms. The number of quaternary nitrogens is 1. The Balaban J connectivity index is 0.993. The van der Waals surface area contributed by atoms with Crippen LogP contribution in [-0.4, -0.2) is 156 Å². The van der Waals surface area contributed by atoms with Gasteiger partial charge < -0.3 is 47.8 Å². The van der Waals surface area contributed by atoms with Gasteiger partial charge >= 0.3 is 28.0 Å². The summed E-state index contributed by atoms with van der Waals surface area (Å²) in [5, 5.41) is 5.67. The van der Waals surface area contributed by atoms with Gasteiger partial charge in [-0.05, 0) is 72.9 Å². The van der Waals surface area contributed by atoms with Gasteiger partial charge in [-0.15, -0.1) is 0 Å². The maximum Gasteiger partial charge on any atom is 0.378 e. The van der Waals surface area contributed by atoms with E-state index in [1.165, 1.54) is 6.92 Å². The second-order valence-corrected chi connectivity index (χ2v) is 20.0. The van der Waals surface area contributed by atoms with Crippen LogP contribution < -0.4 is 24.3 Å². The van der Waals surface area contributed by atoms with E-state index in [-0.39, 0.29) is 65.3 Å². The summed E-state index contributed by atoms with van der Waals surface area (Å²) in [4.78, 5) is 79.6. The number of β-lactam (4-membered cyclic amide) rings is 1. The minimum absolute atomic E-state index is 0.0898. The normalized spacial score (nSPS) is 22.0. The molecule has 2 unspecified atom stereocenters. The highest BCUT2D eigenvalue weighted by molar-refractivity contribution is 7.86. The number of amides is 3. The van der Waals surface area contributed by atoms with E-state index in [0.717, 1.165) is 40.4 Å². The van der Waals surface area contributed by atoms with Crippen molar-refractivity contribution in [2.24, 2.45) is 5.16 Å². The molecule has 1 aromatic heterocycles. The van der Waals surface area contributed by atoms with E-state index in [1.807, 2.05) is 48.5 Å². The maximum atomic E-state index is 14.5. The van der Waals surface area contributed by atoms with Crippen molar-refractivity contribution in [3.05, 3.63) is 104 Å². The zero-order valence-corrected chi connectivity index (χ0v) is 41.4. The molecule has 3 saturated heterocycles. The van der Waals surface area contributed by atoms with E-state index in [0.29, 0.717) is 58.5 Å².